The fraction of sp³-hybridized carbons (Fsp3) is 0.737. The van der Waals surface area contributed by atoms with Gasteiger partial charge in [-0.05, 0) is 56.6 Å². The van der Waals surface area contributed by atoms with Crippen LogP contribution in [0.5, 0.6) is 0 Å². The SMILES string of the molecule is CCCC(=O)Nc1sc2c(c1S(=O)NCC1CC1)CC(NCNCC)CC2. The van der Waals surface area contributed by atoms with Crippen LogP contribution >= 0.6 is 11.3 Å². The number of amides is 1. The van der Waals surface area contributed by atoms with Gasteiger partial charge in [-0.3, -0.25) is 4.79 Å². The van der Waals surface area contributed by atoms with Gasteiger partial charge in [-0.25, -0.2) is 8.93 Å². The van der Waals surface area contributed by atoms with Crippen molar-refractivity contribution in [2.24, 2.45) is 5.92 Å². The molecule has 6 nitrogen and oxygen atoms in total. The van der Waals surface area contributed by atoms with Crippen molar-refractivity contribution in [1.29, 1.82) is 0 Å². The number of hydrogen-bond donors (Lipinski definition) is 4. The van der Waals surface area contributed by atoms with Crippen LogP contribution in [-0.2, 0) is 28.6 Å². The molecule has 0 spiro atoms. The van der Waals surface area contributed by atoms with Gasteiger partial charge in [0.05, 0.1) is 4.90 Å². The quantitative estimate of drug-likeness (QED) is 0.332. The van der Waals surface area contributed by atoms with Crippen LogP contribution in [0.15, 0.2) is 4.90 Å². The predicted molar refractivity (Wildman–Crippen MR) is 112 cm³/mol. The average Bonchev–Trinajstić information content (AvgIpc) is 3.40. The fourth-order valence-electron chi connectivity index (χ4n) is 3.36. The monoisotopic (exact) mass is 412 g/mol. The lowest BCUT2D eigenvalue weighted by Crippen LogP contribution is -2.40. The van der Waals surface area contributed by atoms with Crippen molar-refractivity contribution in [3.63, 3.8) is 0 Å². The molecule has 1 aromatic heterocycles. The highest BCUT2D eigenvalue weighted by Crippen LogP contribution is 2.40. The second-order valence-electron chi connectivity index (χ2n) is 7.44. The molecule has 1 fully saturated rings. The highest BCUT2D eigenvalue weighted by atomic mass is 32.2. The summed E-state index contributed by atoms with van der Waals surface area (Å²) in [7, 11) is -1.27. The van der Waals surface area contributed by atoms with Crippen molar-refractivity contribution in [2.75, 3.05) is 25.1 Å². The minimum Gasteiger partial charge on any atom is -0.317 e. The van der Waals surface area contributed by atoms with Crippen molar-refractivity contribution in [3.05, 3.63) is 10.4 Å². The number of aryl methyl sites for hydroxylation is 1. The van der Waals surface area contributed by atoms with Gasteiger partial charge in [-0.2, -0.15) is 0 Å². The van der Waals surface area contributed by atoms with E-state index in [9.17, 15) is 9.00 Å². The zero-order valence-corrected chi connectivity index (χ0v) is 18.0. The van der Waals surface area contributed by atoms with Crippen molar-refractivity contribution in [3.8, 4) is 0 Å². The number of hydrogen-bond acceptors (Lipinski definition) is 5. The van der Waals surface area contributed by atoms with Gasteiger partial charge < -0.3 is 16.0 Å². The largest absolute Gasteiger partial charge is 0.317 e. The Morgan fingerprint density at radius 3 is 2.78 bits per heavy atom. The molecule has 2 aliphatic rings. The van der Waals surface area contributed by atoms with Gasteiger partial charge in [-0.15, -0.1) is 11.3 Å². The smallest absolute Gasteiger partial charge is 0.224 e. The summed E-state index contributed by atoms with van der Waals surface area (Å²) in [6.45, 7) is 6.62. The lowest BCUT2D eigenvalue weighted by atomic mass is 9.94. The van der Waals surface area contributed by atoms with E-state index in [4.69, 9.17) is 0 Å². The molecule has 0 aliphatic heterocycles. The third-order valence-electron chi connectivity index (χ3n) is 5.09. The maximum absolute atomic E-state index is 13.1. The number of carbonyl (C=O) groups excluding carboxylic acids is 1. The van der Waals surface area contributed by atoms with E-state index in [2.05, 4.69) is 27.6 Å². The van der Waals surface area contributed by atoms with Crippen LogP contribution in [0.4, 0.5) is 5.00 Å². The van der Waals surface area contributed by atoms with Gasteiger partial charge in [-0.1, -0.05) is 13.8 Å². The van der Waals surface area contributed by atoms with Gasteiger partial charge in [0, 0.05) is 30.6 Å². The van der Waals surface area contributed by atoms with E-state index in [1.807, 2.05) is 6.92 Å². The average molecular weight is 413 g/mol. The molecular formula is C19H32N4O2S2. The van der Waals surface area contributed by atoms with Crippen molar-refractivity contribution in [2.45, 2.75) is 69.7 Å². The standard InChI is InChI=1S/C19H32N4O2S2/c1-3-5-17(24)23-19-18(27(25)22-11-13-6-7-13)15-10-14(21-12-20-4-2)8-9-16(15)26-19/h13-14,20-22H,3-12H2,1-2H3,(H,23,24). The molecule has 0 radical (unpaired) electrons. The van der Waals surface area contributed by atoms with E-state index < -0.39 is 11.0 Å². The van der Waals surface area contributed by atoms with Crippen LogP contribution in [0.25, 0.3) is 0 Å². The van der Waals surface area contributed by atoms with Crippen LogP contribution < -0.4 is 20.7 Å². The Hall–Kier alpha value is -0.800. The molecular weight excluding hydrogens is 380 g/mol. The maximum atomic E-state index is 13.1. The van der Waals surface area contributed by atoms with Crippen LogP contribution in [0.3, 0.4) is 0 Å². The second kappa shape index (κ2) is 10.1. The summed E-state index contributed by atoms with van der Waals surface area (Å²) in [6.07, 6.45) is 6.67. The first-order chi connectivity index (χ1) is 13.1. The van der Waals surface area contributed by atoms with Gasteiger partial charge in [0.25, 0.3) is 0 Å². The minimum absolute atomic E-state index is 0.0124. The van der Waals surface area contributed by atoms with E-state index in [-0.39, 0.29) is 5.91 Å². The number of anilines is 1. The molecule has 0 aromatic carbocycles. The maximum Gasteiger partial charge on any atom is 0.224 e. The molecule has 0 saturated heterocycles. The molecule has 1 saturated carbocycles. The van der Waals surface area contributed by atoms with E-state index in [0.717, 1.165) is 55.3 Å². The zero-order chi connectivity index (χ0) is 19.2. The zero-order valence-electron chi connectivity index (χ0n) is 16.4. The van der Waals surface area contributed by atoms with Crippen LogP contribution in [0, 0.1) is 5.92 Å². The highest BCUT2D eigenvalue weighted by Gasteiger charge is 2.30. The van der Waals surface area contributed by atoms with Crippen LogP contribution in [0.1, 0.15) is 56.4 Å². The van der Waals surface area contributed by atoms with Crippen LogP contribution in [-0.4, -0.2) is 35.9 Å². The first kappa shape index (κ1) is 20.9. The fourth-order valence-corrected chi connectivity index (χ4v) is 6.11. The predicted octanol–water partition coefficient (Wildman–Crippen LogP) is 2.52. The Morgan fingerprint density at radius 2 is 2.07 bits per heavy atom. The molecule has 8 heteroatoms. The van der Waals surface area contributed by atoms with E-state index in [0.29, 0.717) is 18.4 Å². The number of nitrogens with one attached hydrogen (secondary N) is 4. The summed E-state index contributed by atoms with van der Waals surface area (Å²) < 4.78 is 16.3. The molecule has 27 heavy (non-hydrogen) atoms. The van der Waals surface area contributed by atoms with E-state index in [1.54, 1.807) is 11.3 Å². The first-order valence-electron chi connectivity index (χ1n) is 10.2. The van der Waals surface area contributed by atoms with E-state index >= 15 is 0 Å². The first-order valence-corrected chi connectivity index (χ1v) is 12.1. The Kier molecular flexibility index (Phi) is 7.84. The summed E-state index contributed by atoms with van der Waals surface area (Å²) in [5.41, 5.74) is 1.17. The minimum atomic E-state index is -1.27. The van der Waals surface area contributed by atoms with Crippen molar-refractivity contribution < 1.29 is 9.00 Å². The van der Waals surface area contributed by atoms with E-state index in [1.165, 1.54) is 23.3 Å². The Balaban J connectivity index is 1.77. The summed E-state index contributed by atoms with van der Waals surface area (Å²) in [5.74, 6) is 0.675. The van der Waals surface area contributed by atoms with Crippen molar-refractivity contribution in [1.82, 2.24) is 15.4 Å². The van der Waals surface area contributed by atoms with Gasteiger partial charge in [0.15, 0.2) is 0 Å². The Morgan fingerprint density at radius 1 is 1.26 bits per heavy atom. The lowest BCUT2D eigenvalue weighted by Gasteiger charge is -2.24. The van der Waals surface area contributed by atoms with Gasteiger partial charge in [0.2, 0.25) is 5.91 Å². The van der Waals surface area contributed by atoms with Gasteiger partial charge >= 0.3 is 0 Å². The molecule has 0 bridgehead atoms. The molecule has 1 amide bonds. The molecule has 1 heterocycles. The Bertz CT molecular complexity index is 673. The topological polar surface area (TPSA) is 82.3 Å². The lowest BCUT2D eigenvalue weighted by molar-refractivity contribution is -0.116. The summed E-state index contributed by atoms with van der Waals surface area (Å²) in [5, 5.41) is 10.7. The molecule has 4 N–H and O–H groups in total. The molecule has 3 rings (SSSR count). The third-order valence-corrected chi connectivity index (χ3v) is 7.68. The number of thiophene rings is 1. The summed E-state index contributed by atoms with van der Waals surface area (Å²) in [4.78, 5) is 14.3. The summed E-state index contributed by atoms with van der Waals surface area (Å²) in [6, 6.07) is 0.379. The number of carbonyl (C=O) groups is 1. The van der Waals surface area contributed by atoms with Crippen LogP contribution in [0.2, 0.25) is 0 Å². The van der Waals surface area contributed by atoms with Crippen molar-refractivity contribution >= 4 is 33.2 Å². The number of rotatable bonds is 11. The molecule has 2 unspecified atom stereocenters. The highest BCUT2D eigenvalue weighted by molar-refractivity contribution is 7.83. The summed E-state index contributed by atoms with van der Waals surface area (Å²) >= 11 is 1.62. The van der Waals surface area contributed by atoms with Gasteiger partial charge in [0.1, 0.15) is 16.0 Å². The third kappa shape index (κ3) is 5.84. The number of fused-ring (bicyclic) bond motifs is 1. The normalized spacial score (nSPS) is 20.3. The molecule has 2 atom stereocenters. The second-order valence-corrected chi connectivity index (χ2v) is 9.78. The molecule has 152 valence electrons. The molecule has 2 aliphatic carbocycles. The molecule has 1 aromatic rings. The Labute approximate surface area is 168 Å².